The summed E-state index contributed by atoms with van der Waals surface area (Å²) in [6.45, 7) is 2.51. The third kappa shape index (κ3) is 4.46. The molecule has 3 rings (SSSR count). The molecule has 5 nitrogen and oxygen atoms in total. The monoisotopic (exact) mass is 367 g/mol. The van der Waals surface area contributed by atoms with Crippen LogP contribution in [0.1, 0.15) is 16.1 Å². The van der Waals surface area contributed by atoms with E-state index in [1.165, 1.54) is 0 Å². The Balaban J connectivity index is 1.56. The minimum absolute atomic E-state index is 0.00406. The zero-order chi connectivity index (χ0) is 18.4. The number of ether oxygens (including phenoxy) is 1. The Morgan fingerprint density at radius 3 is 2.85 bits per heavy atom. The van der Waals surface area contributed by atoms with Gasteiger partial charge in [-0.1, -0.05) is 18.2 Å². The van der Waals surface area contributed by atoms with Gasteiger partial charge in [-0.2, -0.15) is 0 Å². The molecule has 0 spiro atoms. The Kier molecular flexibility index (Phi) is 5.96. The maximum absolute atomic E-state index is 12.3. The Labute approximate surface area is 157 Å². The Morgan fingerprint density at radius 1 is 1.23 bits per heavy atom. The van der Waals surface area contributed by atoms with Crippen molar-refractivity contribution < 1.29 is 9.53 Å². The average molecular weight is 367 g/mol. The van der Waals surface area contributed by atoms with E-state index in [-0.39, 0.29) is 5.91 Å². The molecular formula is C20H21N3O2S. The van der Waals surface area contributed by atoms with E-state index < -0.39 is 0 Å². The molecule has 3 aromatic rings. The van der Waals surface area contributed by atoms with Crippen LogP contribution in [0.15, 0.2) is 48.8 Å². The molecular weight excluding hydrogens is 346 g/mol. The summed E-state index contributed by atoms with van der Waals surface area (Å²) in [5.41, 5.74) is 2.96. The molecule has 2 heterocycles. The highest BCUT2D eigenvalue weighted by Gasteiger charge is 2.13. The van der Waals surface area contributed by atoms with Crippen LogP contribution in [0.3, 0.4) is 0 Å². The fourth-order valence-corrected chi connectivity index (χ4v) is 3.71. The molecule has 0 bridgehead atoms. The largest absolute Gasteiger partial charge is 0.496 e. The number of benzene rings is 1. The summed E-state index contributed by atoms with van der Waals surface area (Å²) >= 11 is 1.54. The number of carbonyl (C=O) groups is 1. The number of pyridine rings is 1. The van der Waals surface area contributed by atoms with E-state index in [1.807, 2.05) is 43.3 Å². The number of carbonyl (C=O) groups excluding carboxylic acids is 1. The van der Waals surface area contributed by atoms with Gasteiger partial charge in [0.05, 0.1) is 19.2 Å². The van der Waals surface area contributed by atoms with E-state index in [2.05, 4.69) is 15.3 Å². The second-order valence-electron chi connectivity index (χ2n) is 5.86. The van der Waals surface area contributed by atoms with Crippen LogP contribution in [0, 0.1) is 6.92 Å². The van der Waals surface area contributed by atoms with Crippen molar-refractivity contribution in [1.82, 2.24) is 15.3 Å². The van der Waals surface area contributed by atoms with Crippen LogP contribution in [-0.4, -0.2) is 29.5 Å². The number of hydrogen-bond donors (Lipinski definition) is 1. The molecule has 1 amide bonds. The van der Waals surface area contributed by atoms with Gasteiger partial charge in [0.25, 0.3) is 0 Å². The van der Waals surface area contributed by atoms with Gasteiger partial charge < -0.3 is 10.1 Å². The van der Waals surface area contributed by atoms with Gasteiger partial charge in [0.2, 0.25) is 5.91 Å². The Hall–Kier alpha value is -2.73. The summed E-state index contributed by atoms with van der Waals surface area (Å²) < 4.78 is 5.33. The standard InChI is InChI=1S/C20H21N3O2S/c1-14-18(26-20(23-14)16-7-5-10-21-13-16)12-19(24)22-11-9-15-6-3-4-8-17(15)25-2/h3-8,10,13H,9,11-12H2,1-2H3,(H,22,24). The molecule has 134 valence electrons. The summed E-state index contributed by atoms with van der Waals surface area (Å²) in [7, 11) is 1.66. The third-order valence-corrected chi connectivity index (χ3v) is 5.24. The molecule has 0 radical (unpaired) electrons. The van der Waals surface area contributed by atoms with Crippen molar-refractivity contribution in [3.8, 4) is 16.3 Å². The lowest BCUT2D eigenvalue weighted by Crippen LogP contribution is -2.27. The number of thiazole rings is 1. The van der Waals surface area contributed by atoms with Crippen molar-refractivity contribution in [2.75, 3.05) is 13.7 Å². The topological polar surface area (TPSA) is 64.1 Å². The van der Waals surface area contributed by atoms with Crippen LogP contribution in [-0.2, 0) is 17.6 Å². The Bertz CT molecular complexity index is 878. The number of para-hydroxylation sites is 1. The van der Waals surface area contributed by atoms with E-state index in [9.17, 15) is 4.79 Å². The lowest BCUT2D eigenvalue weighted by atomic mass is 10.1. The first kappa shape index (κ1) is 18.1. The maximum atomic E-state index is 12.3. The lowest BCUT2D eigenvalue weighted by molar-refractivity contribution is -0.120. The fourth-order valence-electron chi connectivity index (χ4n) is 2.66. The maximum Gasteiger partial charge on any atom is 0.225 e. The number of amides is 1. The molecule has 0 aliphatic carbocycles. The molecule has 1 N–H and O–H groups in total. The minimum atomic E-state index is 0.00406. The molecule has 0 aliphatic rings. The van der Waals surface area contributed by atoms with Crippen LogP contribution in [0.4, 0.5) is 0 Å². The normalized spacial score (nSPS) is 10.5. The van der Waals surface area contributed by atoms with Crippen molar-refractivity contribution in [3.63, 3.8) is 0 Å². The van der Waals surface area contributed by atoms with E-state index in [1.54, 1.807) is 30.8 Å². The first-order chi connectivity index (χ1) is 12.7. The van der Waals surface area contributed by atoms with Gasteiger partial charge >= 0.3 is 0 Å². The molecule has 0 unspecified atom stereocenters. The highest BCUT2D eigenvalue weighted by atomic mass is 32.1. The van der Waals surface area contributed by atoms with Gasteiger partial charge in [-0.25, -0.2) is 4.98 Å². The van der Waals surface area contributed by atoms with E-state index in [4.69, 9.17) is 4.74 Å². The summed E-state index contributed by atoms with van der Waals surface area (Å²) in [6.07, 6.45) is 4.60. The molecule has 2 aromatic heterocycles. The molecule has 1 aromatic carbocycles. The molecule has 26 heavy (non-hydrogen) atoms. The highest BCUT2D eigenvalue weighted by molar-refractivity contribution is 7.15. The van der Waals surface area contributed by atoms with Crippen LogP contribution >= 0.6 is 11.3 Å². The minimum Gasteiger partial charge on any atom is -0.496 e. The van der Waals surface area contributed by atoms with Gasteiger partial charge in [0, 0.05) is 29.4 Å². The third-order valence-electron chi connectivity index (χ3n) is 4.03. The second-order valence-corrected chi connectivity index (χ2v) is 6.94. The zero-order valence-corrected chi connectivity index (χ0v) is 15.7. The number of nitrogens with one attached hydrogen (secondary N) is 1. The van der Waals surface area contributed by atoms with Gasteiger partial charge in [-0.05, 0) is 37.1 Å². The smallest absolute Gasteiger partial charge is 0.225 e. The van der Waals surface area contributed by atoms with Crippen molar-refractivity contribution in [1.29, 1.82) is 0 Å². The summed E-state index contributed by atoms with van der Waals surface area (Å²) in [6, 6.07) is 11.7. The van der Waals surface area contributed by atoms with Crippen LogP contribution in [0.5, 0.6) is 5.75 Å². The van der Waals surface area contributed by atoms with Crippen molar-refractivity contribution in [2.24, 2.45) is 0 Å². The van der Waals surface area contributed by atoms with Gasteiger partial charge in [0.1, 0.15) is 10.8 Å². The first-order valence-corrected chi connectivity index (χ1v) is 9.24. The van der Waals surface area contributed by atoms with E-state index >= 15 is 0 Å². The lowest BCUT2D eigenvalue weighted by Gasteiger charge is -2.09. The number of aryl methyl sites for hydroxylation is 1. The SMILES string of the molecule is COc1ccccc1CCNC(=O)Cc1sc(-c2cccnc2)nc1C. The Morgan fingerprint density at radius 2 is 2.08 bits per heavy atom. The highest BCUT2D eigenvalue weighted by Crippen LogP contribution is 2.27. The number of nitrogens with zero attached hydrogens (tertiary/aromatic N) is 2. The second kappa shape index (κ2) is 8.58. The summed E-state index contributed by atoms with van der Waals surface area (Å²) in [5, 5.41) is 3.88. The molecule has 0 fully saturated rings. The van der Waals surface area contributed by atoms with Crippen molar-refractivity contribution in [2.45, 2.75) is 19.8 Å². The van der Waals surface area contributed by atoms with Gasteiger partial charge in [-0.15, -0.1) is 11.3 Å². The molecule has 0 atom stereocenters. The van der Waals surface area contributed by atoms with Gasteiger partial charge in [0.15, 0.2) is 0 Å². The average Bonchev–Trinajstić information content (AvgIpc) is 3.03. The van der Waals surface area contributed by atoms with Crippen LogP contribution < -0.4 is 10.1 Å². The number of hydrogen-bond acceptors (Lipinski definition) is 5. The molecule has 0 saturated heterocycles. The quantitative estimate of drug-likeness (QED) is 0.695. The van der Waals surface area contributed by atoms with Gasteiger partial charge in [-0.3, -0.25) is 9.78 Å². The molecule has 0 saturated carbocycles. The summed E-state index contributed by atoms with van der Waals surface area (Å²) in [5.74, 6) is 0.852. The van der Waals surface area contributed by atoms with E-state index in [0.717, 1.165) is 38.9 Å². The summed E-state index contributed by atoms with van der Waals surface area (Å²) in [4.78, 5) is 22.0. The molecule has 0 aliphatic heterocycles. The van der Waals surface area contributed by atoms with Crippen molar-refractivity contribution in [3.05, 3.63) is 64.9 Å². The first-order valence-electron chi connectivity index (χ1n) is 8.42. The zero-order valence-electron chi connectivity index (χ0n) is 14.9. The fraction of sp³-hybridized carbons (Fsp3) is 0.250. The van der Waals surface area contributed by atoms with E-state index in [0.29, 0.717) is 13.0 Å². The predicted octanol–water partition coefficient (Wildman–Crippen LogP) is 3.42. The molecule has 6 heteroatoms. The van der Waals surface area contributed by atoms with Crippen LogP contribution in [0.25, 0.3) is 10.6 Å². The number of methoxy groups -OCH3 is 1. The predicted molar refractivity (Wildman–Crippen MR) is 103 cm³/mol. The number of rotatable bonds is 7. The van der Waals surface area contributed by atoms with Crippen LogP contribution in [0.2, 0.25) is 0 Å². The van der Waals surface area contributed by atoms with Crippen molar-refractivity contribution >= 4 is 17.2 Å². The number of aromatic nitrogens is 2.